The first-order valence-corrected chi connectivity index (χ1v) is 8.78. The molecule has 4 heteroatoms. The van der Waals surface area contributed by atoms with Gasteiger partial charge in [-0.2, -0.15) is 0 Å². The summed E-state index contributed by atoms with van der Waals surface area (Å²) in [7, 11) is 2.15. The first-order chi connectivity index (χ1) is 9.54. The van der Waals surface area contributed by atoms with Crippen molar-refractivity contribution in [2.75, 3.05) is 25.0 Å². The van der Waals surface area contributed by atoms with Crippen LogP contribution in [0.4, 0.5) is 5.13 Å². The zero-order valence-electron chi connectivity index (χ0n) is 15.1. The Morgan fingerprint density at radius 2 is 1.76 bits per heavy atom. The number of hydrogen-bond donors (Lipinski definition) is 1. The largest absolute Gasteiger partial charge is 0.351 e. The number of nitrogens with one attached hydrogen (secondary N) is 1. The Kier molecular flexibility index (Phi) is 6.23. The molecule has 0 unspecified atom stereocenters. The van der Waals surface area contributed by atoms with E-state index in [1.807, 2.05) is 11.3 Å². The van der Waals surface area contributed by atoms with Crippen LogP contribution in [0, 0.1) is 5.41 Å². The van der Waals surface area contributed by atoms with Crippen LogP contribution in [0.25, 0.3) is 0 Å². The van der Waals surface area contributed by atoms with Crippen molar-refractivity contribution in [3.8, 4) is 0 Å². The van der Waals surface area contributed by atoms with Crippen molar-refractivity contribution >= 4 is 16.5 Å². The summed E-state index contributed by atoms with van der Waals surface area (Å²) in [6, 6.07) is 0. The maximum atomic E-state index is 4.95. The van der Waals surface area contributed by atoms with Gasteiger partial charge in [-0.3, -0.25) is 0 Å². The molecule has 0 aliphatic carbocycles. The normalized spacial score (nSPS) is 12.8. The monoisotopic (exact) mass is 311 g/mol. The number of thiazole rings is 1. The fourth-order valence-corrected chi connectivity index (χ4v) is 3.57. The quantitative estimate of drug-likeness (QED) is 0.788. The molecule has 122 valence electrons. The van der Waals surface area contributed by atoms with Gasteiger partial charge in [-0.25, -0.2) is 4.98 Å². The van der Waals surface area contributed by atoms with Crippen LogP contribution in [-0.2, 0) is 12.0 Å². The number of aromatic nitrogens is 1. The second-order valence-corrected chi connectivity index (χ2v) is 9.17. The molecule has 0 atom stereocenters. The first kappa shape index (κ1) is 18.4. The smallest absolute Gasteiger partial charge is 0.185 e. The van der Waals surface area contributed by atoms with Crippen molar-refractivity contribution < 1.29 is 0 Å². The molecule has 0 saturated carbocycles. The molecule has 1 heterocycles. The molecule has 0 spiro atoms. The molecule has 0 amide bonds. The molecule has 1 aromatic heterocycles. The fraction of sp³-hybridized carbons (Fsp3) is 0.824. The lowest BCUT2D eigenvalue weighted by Crippen LogP contribution is -2.29. The lowest BCUT2D eigenvalue weighted by Gasteiger charge is -2.26. The van der Waals surface area contributed by atoms with Crippen molar-refractivity contribution in [1.82, 2.24) is 10.3 Å². The summed E-state index contributed by atoms with van der Waals surface area (Å²) in [5.41, 5.74) is 1.62. The highest BCUT2D eigenvalue weighted by Gasteiger charge is 2.25. The molecule has 0 aliphatic heterocycles. The third-order valence-corrected chi connectivity index (χ3v) is 4.32. The minimum absolute atomic E-state index is 0.0978. The summed E-state index contributed by atoms with van der Waals surface area (Å²) in [4.78, 5) is 8.62. The fourth-order valence-electron chi connectivity index (χ4n) is 2.37. The van der Waals surface area contributed by atoms with Crippen LogP contribution in [0.5, 0.6) is 0 Å². The maximum Gasteiger partial charge on any atom is 0.185 e. The van der Waals surface area contributed by atoms with Gasteiger partial charge in [-0.15, -0.1) is 11.3 Å². The van der Waals surface area contributed by atoms with Crippen LogP contribution in [0.3, 0.4) is 0 Å². The summed E-state index contributed by atoms with van der Waals surface area (Å²) >= 11 is 1.84. The van der Waals surface area contributed by atoms with Crippen molar-refractivity contribution in [1.29, 1.82) is 0 Å². The van der Waals surface area contributed by atoms with Gasteiger partial charge in [-0.05, 0) is 18.4 Å². The zero-order chi connectivity index (χ0) is 16.3. The Morgan fingerprint density at radius 3 is 2.24 bits per heavy atom. The predicted molar refractivity (Wildman–Crippen MR) is 95.5 cm³/mol. The Balaban J connectivity index is 2.97. The third-order valence-electron chi connectivity index (χ3n) is 3.15. The lowest BCUT2D eigenvalue weighted by molar-refractivity contribution is 0.418. The van der Waals surface area contributed by atoms with E-state index in [-0.39, 0.29) is 10.8 Å². The Hall–Kier alpha value is -0.610. The first-order valence-electron chi connectivity index (χ1n) is 7.96. The van der Waals surface area contributed by atoms with Gasteiger partial charge >= 0.3 is 0 Å². The minimum atomic E-state index is 0.0978. The molecular formula is C17H33N3S. The van der Waals surface area contributed by atoms with E-state index in [2.05, 4.69) is 65.7 Å². The molecule has 0 radical (unpaired) electrons. The van der Waals surface area contributed by atoms with E-state index in [1.54, 1.807) is 0 Å². The van der Waals surface area contributed by atoms with Crippen LogP contribution in [-0.4, -0.2) is 25.1 Å². The van der Waals surface area contributed by atoms with Gasteiger partial charge in [0.15, 0.2) is 5.13 Å². The van der Waals surface area contributed by atoms with E-state index in [9.17, 15) is 0 Å². The number of anilines is 1. The summed E-state index contributed by atoms with van der Waals surface area (Å²) in [6.45, 7) is 18.8. The molecule has 1 rings (SSSR count). The number of rotatable bonds is 6. The van der Waals surface area contributed by atoms with Gasteiger partial charge in [-0.1, -0.05) is 48.5 Å². The molecule has 1 aromatic rings. The second kappa shape index (κ2) is 7.10. The highest BCUT2D eigenvalue weighted by atomic mass is 32.1. The van der Waals surface area contributed by atoms with Gasteiger partial charge in [0.2, 0.25) is 0 Å². The molecule has 3 nitrogen and oxygen atoms in total. The van der Waals surface area contributed by atoms with Crippen molar-refractivity contribution in [2.24, 2.45) is 5.41 Å². The third kappa shape index (κ3) is 5.95. The second-order valence-electron chi connectivity index (χ2n) is 8.11. The van der Waals surface area contributed by atoms with Gasteiger partial charge in [0, 0.05) is 30.4 Å². The van der Waals surface area contributed by atoms with E-state index < -0.39 is 0 Å². The highest BCUT2D eigenvalue weighted by molar-refractivity contribution is 7.15. The summed E-state index contributed by atoms with van der Waals surface area (Å²) in [5.74, 6) is 0. The molecule has 1 N–H and O–H groups in total. The average molecular weight is 312 g/mol. The molecule has 0 fully saturated rings. The molecule has 0 aliphatic rings. The Morgan fingerprint density at radius 1 is 1.14 bits per heavy atom. The topological polar surface area (TPSA) is 28.2 Å². The standard InChI is InChI=1S/C17H33N3S/c1-9-10-18-11-13-14(17(5,6)7)19-15(21-13)20(8)12-16(2,3)4/h18H,9-12H2,1-8H3. The predicted octanol–water partition coefficient (Wildman–Crippen LogP) is 4.42. The van der Waals surface area contributed by atoms with Crippen LogP contribution in [0.15, 0.2) is 0 Å². The van der Waals surface area contributed by atoms with Crippen LogP contribution in [0.1, 0.15) is 65.5 Å². The molecule has 0 bridgehead atoms. The Labute approximate surface area is 135 Å². The van der Waals surface area contributed by atoms with Gasteiger partial charge < -0.3 is 10.2 Å². The molecular weight excluding hydrogens is 278 g/mol. The van der Waals surface area contributed by atoms with Crippen molar-refractivity contribution in [3.05, 3.63) is 10.6 Å². The number of hydrogen-bond acceptors (Lipinski definition) is 4. The zero-order valence-corrected chi connectivity index (χ0v) is 15.9. The molecule has 0 saturated heterocycles. The van der Waals surface area contributed by atoms with E-state index in [0.29, 0.717) is 0 Å². The lowest BCUT2D eigenvalue weighted by atomic mass is 9.91. The average Bonchev–Trinajstić information content (AvgIpc) is 2.71. The Bertz CT molecular complexity index is 438. The SMILES string of the molecule is CCCNCc1sc(N(C)CC(C)(C)C)nc1C(C)(C)C. The minimum Gasteiger partial charge on any atom is -0.351 e. The van der Waals surface area contributed by atoms with Gasteiger partial charge in [0.05, 0.1) is 5.69 Å². The van der Waals surface area contributed by atoms with Gasteiger partial charge in [0.25, 0.3) is 0 Å². The van der Waals surface area contributed by atoms with Crippen LogP contribution in [0.2, 0.25) is 0 Å². The van der Waals surface area contributed by atoms with E-state index in [0.717, 1.165) is 24.8 Å². The van der Waals surface area contributed by atoms with Crippen LogP contribution >= 0.6 is 11.3 Å². The molecule has 21 heavy (non-hydrogen) atoms. The summed E-state index contributed by atoms with van der Waals surface area (Å²) in [5, 5.41) is 4.66. The highest BCUT2D eigenvalue weighted by Crippen LogP contribution is 2.34. The van der Waals surface area contributed by atoms with Crippen molar-refractivity contribution in [2.45, 2.75) is 66.8 Å². The van der Waals surface area contributed by atoms with E-state index in [4.69, 9.17) is 4.98 Å². The summed E-state index contributed by atoms with van der Waals surface area (Å²) in [6.07, 6.45) is 1.17. The van der Waals surface area contributed by atoms with Gasteiger partial charge in [0.1, 0.15) is 0 Å². The van der Waals surface area contributed by atoms with E-state index in [1.165, 1.54) is 17.0 Å². The molecule has 0 aromatic carbocycles. The van der Waals surface area contributed by atoms with Crippen LogP contribution < -0.4 is 10.2 Å². The maximum absolute atomic E-state index is 4.95. The van der Waals surface area contributed by atoms with Crippen molar-refractivity contribution in [3.63, 3.8) is 0 Å². The summed E-state index contributed by atoms with van der Waals surface area (Å²) < 4.78 is 0. The number of nitrogens with zero attached hydrogens (tertiary/aromatic N) is 2. The van der Waals surface area contributed by atoms with E-state index >= 15 is 0 Å².